The van der Waals surface area contributed by atoms with Crippen LogP contribution in [0.2, 0.25) is 0 Å². The first-order chi connectivity index (χ1) is 22.9. The fourth-order valence-corrected chi connectivity index (χ4v) is 6.41. The molecule has 12 nitrogen and oxygen atoms in total. The van der Waals surface area contributed by atoms with Crippen molar-refractivity contribution in [3.8, 4) is 16.2 Å². The van der Waals surface area contributed by atoms with Crippen molar-refractivity contribution >= 4 is 35.0 Å². The van der Waals surface area contributed by atoms with Crippen LogP contribution in [0, 0.1) is 12.3 Å². The van der Waals surface area contributed by atoms with Crippen LogP contribution in [-0.4, -0.2) is 86.8 Å². The van der Waals surface area contributed by atoms with Crippen LogP contribution in [0.25, 0.3) is 10.4 Å². The number of ether oxygens (including phenoxy) is 3. The Morgan fingerprint density at radius 2 is 1.70 bits per heavy atom. The monoisotopic (exact) mass is 716 g/mol. The Kier molecular flexibility index (Phi) is 12.9. The van der Waals surface area contributed by atoms with E-state index in [2.05, 4.69) is 15.6 Å². The maximum absolute atomic E-state index is 13.7. The van der Waals surface area contributed by atoms with Gasteiger partial charge in [0.25, 0.3) is 0 Å². The highest BCUT2D eigenvalue weighted by Gasteiger charge is 2.44. The minimum Gasteiger partial charge on any atom is -0.485 e. The topological polar surface area (TPSA) is 156 Å². The number of likely N-dealkylation sites (tertiary alicyclic amines) is 1. The summed E-state index contributed by atoms with van der Waals surface area (Å²) in [5.74, 6) is -1.04. The molecule has 3 amide bonds. The lowest BCUT2D eigenvalue weighted by Gasteiger charge is -2.35. The van der Waals surface area contributed by atoms with Gasteiger partial charge in [0.2, 0.25) is 17.7 Å². The summed E-state index contributed by atoms with van der Waals surface area (Å²) in [4.78, 5) is 58.5. The molecule has 0 saturated carbocycles. The number of carbonyl (C=O) groups is 4. The lowest BCUT2D eigenvalue weighted by atomic mass is 9.85. The van der Waals surface area contributed by atoms with E-state index in [1.165, 1.54) is 23.2 Å². The fourth-order valence-electron chi connectivity index (χ4n) is 5.61. The maximum Gasteiger partial charge on any atom is 0.309 e. The van der Waals surface area contributed by atoms with E-state index >= 15 is 0 Å². The molecule has 0 bridgehead atoms. The predicted molar refractivity (Wildman–Crippen MR) is 193 cm³/mol. The van der Waals surface area contributed by atoms with Crippen molar-refractivity contribution in [1.29, 1.82) is 0 Å². The summed E-state index contributed by atoms with van der Waals surface area (Å²) in [5, 5.41) is 16.2. The van der Waals surface area contributed by atoms with Crippen molar-refractivity contribution in [2.75, 3.05) is 13.2 Å². The van der Waals surface area contributed by atoms with E-state index in [1.54, 1.807) is 5.51 Å². The molecule has 278 valence electrons. The second-order valence-corrected chi connectivity index (χ2v) is 17.2. The SMILES string of the molecule is CC(=O)N[C@H](C(=O)N1C[C@H](O)C[C@H]1C(=O)NCc1ccc(-c2scnc2C)cc1OC(C)(C)COC(C)(C)CC(=O)OC(C)(C)C)C(C)(C)C. The van der Waals surface area contributed by atoms with E-state index < -0.39 is 52.2 Å². The number of nitrogens with one attached hydrogen (secondary N) is 2. The fraction of sp³-hybridized carbons (Fsp3) is 0.649. The van der Waals surface area contributed by atoms with Gasteiger partial charge in [0.1, 0.15) is 29.0 Å². The summed E-state index contributed by atoms with van der Waals surface area (Å²) in [6.45, 7) is 21.9. The van der Waals surface area contributed by atoms with Crippen LogP contribution in [0.15, 0.2) is 23.7 Å². The zero-order chi connectivity index (χ0) is 37.8. The van der Waals surface area contributed by atoms with E-state index in [9.17, 15) is 24.3 Å². The molecule has 1 fully saturated rings. The number of benzene rings is 1. The number of carbonyl (C=O) groups excluding carboxylic acids is 4. The first kappa shape index (κ1) is 40.9. The molecule has 1 aromatic carbocycles. The number of amides is 3. The number of rotatable bonds is 13. The molecule has 1 aliphatic rings. The average molecular weight is 717 g/mol. The lowest BCUT2D eigenvalue weighted by molar-refractivity contribution is -0.163. The average Bonchev–Trinajstić information content (AvgIpc) is 3.57. The van der Waals surface area contributed by atoms with Crippen LogP contribution < -0.4 is 15.4 Å². The zero-order valence-electron chi connectivity index (χ0n) is 31.7. The molecule has 3 atom stereocenters. The third-order valence-corrected chi connectivity index (χ3v) is 9.02. The number of esters is 1. The largest absolute Gasteiger partial charge is 0.485 e. The van der Waals surface area contributed by atoms with Gasteiger partial charge in [0.15, 0.2) is 0 Å². The number of β-amino-alcohol motifs (C(OH)–C–C–N with tert-alkyl or cyclic N) is 1. The van der Waals surface area contributed by atoms with E-state index in [1.807, 2.05) is 94.4 Å². The lowest BCUT2D eigenvalue weighted by Crippen LogP contribution is -2.57. The normalized spacial score (nSPS) is 17.7. The number of aryl methyl sites for hydroxylation is 1. The summed E-state index contributed by atoms with van der Waals surface area (Å²) in [7, 11) is 0. The van der Waals surface area contributed by atoms with Crippen LogP contribution >= 0.6 is 11.3 Å². The van der Waals surface area contributed by atoms with Crippen LogP contribution in [-0.2, 0) is 35.2 Å². The molecule has 3 rings (SSSR count). The summed E-state index contributed by atoms with van der Waals surface area (Å²) >= 11 is 1.51. The molecule has 50 heavy (non-hydrogen) atoms. The number of thiazole rings is 1. The third-order valence-electron chi connectivity index (χ3n) is 8.04. The molecule has 13 heteroatoms. The van der Waals surface area contributed by atoms with Crippen molar-refractivity contribution in [2.24, 2.45) is 5.41 Å². The third kappa shape index (κ3) is 11.8. The highest BCUT2D eigenvalue weighted by atomic mass is 32.1. The van der Waals surface area contributed by atoms with Crippen LogP contribution in [0.3, 0.4) is 0 Å². The summed E-state index contributed by atoms with van der Waals surface area (Å²) in [6, 6.07) is 3.94. The van der Waals surface area contributed by atoms with Gasteiger partial charge in [0.05, 0.1) is 40.8 Å². The molecule has 0 aliphatic carbocycles. The quantitative estimate of drug-likeness (QED) is 0.245. The molecule has 0 radical (unpaired) electrons. The molecule has 1 saturated heterocycles. The van der Waals surface area contributed by atoms with Gasteiger partial charge in [0, 0.05) is 32.0 Å². The highest BCUT2D eigenvalue weighted by Crippen LogP contribution is 2.34. The minimum atomic E-state index is -0.920. The highest BCUT2D eigenvalue weighted by molar-refractivity contribution is 7.13. The van der Waals surface area contributed by atoms with E-state index in [0.29, 0.717) is 11.3 Å². The summed E-state index contributed by atoms with van der Waals surface area (Å²) in [5.41, 5.74) is 1.36. The van der Waals surface area contributed by atoms with Gasteiger partial charge in [-0.2, -0.15) is 0 Å². The number of hydrogen-bond donors (Lipinski definition) is 3. The molecule has 0 unspecified atom stereocenters. The summed E-state index contributed by atoms with van der Waals surface area (Å²) < 4.78 is 18.3. The number of aliphatic hydroxyl groups is 1. The molecule has 0 spiro atoms. The molecular weight excluding hydrogens is 660 g/mol. The molecular formula is C37H56N4O8S. The Morgan fingerprint density at radius 3 is 2.26 bits per heavy atom. The first-order valence-electron chi connectivity index (χ1n) is 17.0. The van der Waals surface area contributed by atoms with Crippen molar-refractivity contribution < 1.29 is 38.5 Å². The molecule has 1 aliphatic heterocycles. The second kappa shape index (κ2) is 15.8. The van der Waals surface area contributed by atoms with Crippen molar-refractivity contribution in [2.45, 2.75) is 137 Å². The van der Waals surface area contributed by atoms with Gasteiger partial charge in [-0.25, -0.2) is 4.98 Å². The van der Waals surface area contributed by atoms with Gasteiger partial charge in [-0.3, -0.25) is 19.2 Å². The van der Waals surface area contributed by atoms with Crippen molar-refractivity contribution in [3.63, 3.8) is 0 Å². The Balaban J connectivity index is 1.82. The predicted octanol–water partition coefficient (Wildman–Crippen LogP) is 4.93. The van der Waals surface area contributed by atoms with Crippen LogP contribution in [0.5, 0.6) is 5.75 Å². The Morgan fingerprint density at radius 1 is 1.04 bits per heavy atom. The standard InChI is InChI=1S/C37H56N4O8S/c1-22-30(50-21-39-22)24-13-14-25(28(15-24)48-37(11,12)20-47-36(9,10)17-29(44)49-35(6,7)8)18-38-32(45)27-16-26(43)19-41(27)33(46)31(34(3,4)5)40-23(2)42/h13-15,21,26-27,31,43H,16-20H2,1-12H3,(H,38,45)(H,40,42)/t26-,27+,31-/m1/s1. The van der Waals surface area contributed by atoms with Gasteiger partial charge >= 0.3 is 5.97 Å². The maximum atomic E-state index is 13.7. The number of hydrogen-bond acceptors (Lipinski definition) is 10. The number of aliphatic hydroxyl groups excluding tert-OH is 1. The second-order valence-electron chi connectivity index (χ2n) is 16.4. The van der Waals surface area contributed by atoms with Gasteiger partial charge in [-0.15, -0.1) is 11.3 Å². The van der Waals surface area contributed by atoms with E-state index in [-0.39, 0.29) is 44.4 Å². The number of aromatic nitrogens is 1. The van der Waals surface area contributed by atoms with Crippen LogP contribution in [0.4, 0.5) is 0 Å². The van der Waals surface area contributed by atoms with Gasteiger partial charge < -0.3 is 34.9 Å². The molecule has 1 aromatic heterocycles. The van der Waals surface area contributed by atoms with Gasteiger partial charge in [-0.1, -0.05) is 32.9 Å². The van der Waals surface area contributed by atoms with E-state index in [0.717, 1.165) is 16.1 Å². The Labute approximate surface area is 300 Å². The Hall–Kier alpha value is -3.55. The van der Waals surface area contributed by atoms with Gasteiger partial charge in [-0.05, 0) is 72.4 Å². The van der Waals surface area contributed by atoms with E-state index in [4.69, 9.17) is 14.2 Å². The molecule has 2 heterocycles. The summed E-state index contributed by atoms with van der Waals surface area (Å²) in [6.07, 6.45) is -0.742. The van der Waals surface area contributed by atoms with Crippen molar-refractivity contribution in [1.82, 2.24) is 20.5 Å². The van der Waals surface area contributed by atoms with Crippen molar-refractivity contribution in [3.05, 3.63) is 35.0 Å². The molecule has 3 N–H and O–H groups in total. The zero-order valence-corrected chi connectivity index (χ0v) is 32.5. The molecule has 2 aromatic rings. The van der Waals surface area contributed by atoms with Crippen LogP contribution in [0.1, 0.15) is 100 Å². The Bertz CT molecular complexity index is 1540. The first-order valence-corrected chi connectivity index (χ1v) is 17.9. The number of nitrogens with zero attached hydrogens (tertiary/aromatic N) is 2. The smallest absolute Gasteiger partial charge is 0.309 e. The minimum absolute atomic E-state index is 0.0151.